The quantitative estimate of drug-likeness (QED) is 0.553. The fourth-order valence-corrected chi connectivity index (χ4v) is 2.73. The number of pyridine rings is 1. The summed E-state index contributed by atoms with van der Waals surface area (Å²) in [4.78, 5) is 18.7. The van der Waals surface area contributed by atoms with Crippen molar-refractivity contribution in [3.63, 3.8) is 0 Å². The number of hydrogen-bond acceptors (Lipinski definition) is 5. The minimum absolute atomic E-state index is 0.0362. The average Bonchev–Trinajstić information content (AvgIpc) is 2.92. The number of nitrogens with zero attached hydrogens (tertiary/aromatic N) is 2. The lowest BCUT2D eigenvalue weighted by Gasteiger charge is -2.25. The highest BCUT2D eigenvalue weighted by Gasteiger charge is 2.30. The van der Waals surface area contributed by atoms with Crippen LogP contribution >= 0.6 is 0 Å². The van der Waals surface area contributed by atoms with Crippen LogP contribution in [0, 0.1) is 6.92 Å². The van der Waals surface area contributed by atoms with Gasteiger partial charge in [0.15, 0.2) is 0 Å². The third kappa shape index (κ3) is 3.08. The summed E-state index contributed by atoms with van der Waals surface area (Å²) in [5.74, 6) is 5.45. The first-order valence-electron chi connectivity index (χ1n) is 7.02. The van der Waals surface area contributed by atoms with Gasteiger partial charge in [0, 0.05) is 31.1 Å². The van der Waals surface area contributed by atoms with Gasteiger partial charge in [0.05, 0.1) is 11.3 Å². The summed E-state index contributed by atoms with van der Waals surface area (Å²) in [6.45, 7) is 2.78. The minimum atomic E-state index is -0.0362. The lowest BCUT2D eigenvalue weighted by atomic mass is 10.1. The largest absolute Gasteiger partial charge is 0.396 e. The highest BCUT2D eigenvalue weighted by molar-refractivity contribution is 5.99. The number of rotatable bonds is 5. The second-order valence-corrected chi connectivity index (χ2v) is 5.18. The Kier molecular flexibility index (Phi) is 4.92. The van der Waals surface area contributed by atoms with E-state index in [1.807, 2.05) is 11.8 Å². The molecule has 1 aliphatic heterocycles. The molecule has 0 saturated carbocycles. The van der Waals surface area contributed by atoms with E-state index < -0.39 is 0 Å². The number of carbonyl (C=O) groups excluding carboxylic acids is 1. The van der Waals surface area contributed by atoms with E-state index in [2.05, 4.69) is 10.4 Å². The summed E-state index contributed by atoms with van der Waals surface area (Å²) in [6, 6.07) is 1.98. The monoisotopic (exact) mass is 278 g/mol. The second kappa shape index (κ2) is 6.67. The number of aryl methyl sites for hydroxylation is 1. The number of nitrogens with one attached hydrogen (secondary N) is 1. The van der Waals surface area contributed by atoms with Gasteiger partial charge >= 0.3 is 0 Å². The summed E-state index contributed by atoms with van der Waals surface area (Å²) >= 11 is 0. The molecule has 4 N–H and O–H groups in total. The summed E-state index contributed by atoms with van der Waals surface area (Å²) in [5.41, 5.74) is 4.50. The number of aliphatic hydroxyl groups excluding tert-OH is 1. The van der Waals surface area contributed by atoms with E-state index in [-0.39, 0.29) is 18.6 Å². The fraction of sp³-hybridized carbons (Fsp3) is 0.571. The van der Waals surface area contributed by atoms with Crippen molar-refractivity contribution in [1.29, 1.82) is 0 Å². The number of hydrogen-bond donors (Lipinski definition) is 3. The van der Waals surface area contributed by atoms with Gasteiger partial charge in [-0.2, -0.15) is 0 Å². The van der Waals surface area contributed by atoms with Crippen LogP contribution in [0.5, 0.6) is 0 Å². The molecule has 2 rings (SSSR count). The molecule has 0 aliphatic carbocycles. The van der Waals surface area contributed by atoms with Crippen molar-refractivity contribution in [2.75, 3.05) is 18.6 Å². The van der Waals surface area contributed by atoms with E-state index in [0.29, 0.717) is 11.3 Å². The number of anilines is 1. The van der Waals surface area contributed by atoms with Crippen LogP contribution in [0.2, 0.25) is 0 Å². The average molecular weight is 278 g/mol. The van der Waals surface area contributed by atoms with Gasteiger partial charge in [-0.1, -0.05) is 0 Å². The van der Waals surface area contributed by atoms with Crippen LogP contribution < -0.4 is 11.3 Å². The van der Waals surface area contributed by atoms with Crippen molar-refractivity contribution in [3.8, 4) is 0 Å². The number of aliphatic hydroxyl groups is 1. The van der Waals surface area contributed by atoms with E-state index in [1.54, 1.807) is 12.3 Å². The predicted octanol–water partition coefficient (Wildman–Crippen LogP) is 1.05. The summed E-state index contributed by atoms with van der Waals surface area (Å²) in [5, 5.41) is 8.94. The summed E-state index contributed by atoms with van der Waals surface area (Å²) in [7, 11) is 0. The van der Waals surface area contributed by atoms with Gasteiger partial charge in [0.25, 0.3) is 5.91 Å². The lowest BCUT2D eigenvalue weighted by molar-refractivity contribution is 0.0725. The van der Waals surface area contributed by atoms with E-state index in [0.717, 1.165) is 37.9 Å². The zero-order valence-corrected chi connectivity index (χ0v) is 11.8. The Morgan fingerprint density at radius 2 is 2.45 bits per heavy atom. The van der Waals surface area contributed by atoms with Gasteiger partial charge in [-0.25, -0.2) is 0 Å². The molecule has 0 radical (unpaired) electrons. The Hall–Kier alpha value is -1.66. The van der Waals surface area contributed by atoms with Gasteiger partial charge in [0.2, 0.25) is 0 Å². The second-order valence-electron chi connectivity index (χ2n) is 5.18. The number of carbonyl (C=O) groups is 1. The molecule has 110 valence electrons. The normalized spacial score (nSPS) is 18.4. The van der Waals surface area contributed by atoms with Gasteiger partial charge in [-0.05, 0) is 38.7 Å². The maximum absolute atomic E-state index is 12.6. The van der Waals surface area contributed by atoms with Crippen molar-refractivity contribution in [1.82, 2.24) is 9.88 Å². The van der Waals surface area contributed by atoms with Gasteiger partial charge in [-0.15, -0.1) is 0 Å². The third-order valence-electron chi connectivity index (χ3n) is 3.76. The van der Waals surface area contributed by atoms with Crippen molar-refractivity contribution in [2.24, 2.45) is 5.84 Å². The number of nitrogens with two attached hydrogens (primary N) is 1. The van der Waals surface area contributed by atoms with Crippen LogP contribution in [-0.4, -0.2) is 40.1 Å². The van der Waals surface area contributed by atoms with Gasteiger partial charge in [0.1, 0.15) is 0 Å². The molecule has 1 aromatic heterocycles. The zero-order valence-electron chi connectivity index (χ0n) is 11.8. The first-order valence-corrected chi connectivity index (χ1v) is 7.02. The third-order valence-corrected chi connectivity index (χ3v) is 3.76. The van der Waals surface area contributed by atoms with Crippen LogP contribution in [0.4, 0.5) is 5.69 Å². The minimum Gasteiger partial charge on any atom is -0.396 e. The van der Waals surface area contributed by atoms with Crippen LogP contribution in [-0.2, 0) is 0 Å². The highest BCUT2D eigenvalue weighted by Crippen LogP contribution is 2.25. The van der Waals surface area contributed by atoms with Crippen LogP contribution in [0.3, 0.4) is 0 Å². The maximum Gasteiger partial charge on any atom is 0.257 e. The Bertz CT molecular complexity index is 478. The van der Waals surface area contributed by atoms with E-state index in [1.165, 1.54) is 0 Å². The Morgan fingerprint density at radius 3 is 3.15 bits per heavy atom. The van der Waals surface area contributed by atoms with E-state index in [9.17, 15) is 4.79 Å². The number of nitrogen functional groups attached to an aromatic ring is 1. The Balaban J connectivity index is 2.17. The predicted molar refractivity (Wildman–Crippen MR) is 77.2 cm³/mol. The molecule has 0 spiro atoms. The molecule has 1 fully saturated rings. The van der Waals surface area contributed by atoms with Crippen molar-refractivity contribution in [2.45, 2.75) is 38.6 Å². The first kappa shape index (κ1) is 14.7. The molecule has 6 nitrogen and oxygen atoms in total. The number of likely N-dealkylation sites (tertiary alicyclic amines) is 1. The molecule has 1 atom stereocenters. The number of aromatic nitrogens is 1. The highest BCUT2D eigenvalue weighted by atomic mass is 16.3. The van der Waals surface area contributed by atoms with Crippen molar-refractivity contribution in [3.05, 3.63) is 23.5 Å². The summed E-state index contributed by atoms with van der Waals surface area (Å²) in [6.07, 6.45) is 5.15. The molecule has 1 unspecified atom stereocenters. The molecule has 2 heterocycles. The van der Waals surface area contributed by atoms with Crippen LogP contribution in [0.25, 0.3) is 0 Å². The lowest BCUT2D eigenvalue weighted by Crippen LogP contribution is -2.36. The Labute approximate surface area is 119 Å². The maximum atomic E-state index is 12.6. The molecule has 1 amide bonds. The van der Waals surface area contributed by atoms with Gasteiger partial charge < -0.3 is 15.4 Å². The first-order chi connectivity index (χ1) is 9.67. The molecule has 0 aromatic carbocycles. The van der Waals surface area contributed by atoms with E-state index >= 15 is 0 Å². The number of amides is 1. The molecule has 1 aliphatic rings. The molecule has 6 heteroatoms. The topological polar surface area (TPSA) is 91.5 Å². The van der Waals surface area contributed by atoms with Crippen molar-refractivity contribution < 1.29 is 9.90 Å². The van der Waals surface area contributed by atoms with E-state index in [4.69, 9.17) is 10.9 Å². The molecule has 1 aromatic rings. The molecule has 20 heavy (non-hydrogen) atoms. The smallest absolute Gasteiger partial charge is 0.257 e. The SMILES string of the molecule is Cc1cc(NN)c(C(=O)N2CCCC2CCCO)cn1. The zero-order chi connectivity index (χ0) is 14.5. The van der Waals surface area contributed by atoms with Crippen LogP contribution in [0.15, 0.2) is 12.3 Å². The van der Waals surface area contributed by atoms with Gasteiger partial charge in [-0.3, -0.25) is 15.6 Å². The standard InChI is InChI=1S/C14H22N4O2/c1-10-8-13(17-15)12(9-16-10)14(20)18-6-2-4-11(18)5-3-7-19/h8-9,11,19H,2-7,15H2,1H3,(H,16,17). The fourth-order valence-electron chi connectivity index (χ4n) is 2.73. The molecule has 0 bridgehead atoms. The molecule has 1 saturated heterocycles. The molecular formula is C14H22N4O2. The van der Waals surface area contributed by atoms with Crippen LogP contribution in [0.1, 0.15) is 41.7 Å². The van der Waals surface area contributed by atoms with Crippen molar-refractivity contribution >= 4 is 11.6 Å². The Morgan fingerprint density at radius 1 is 1.65 bits per heavy atom. The number of hydrazine groups is 1. The summed E-state index contributed by atoms with van der Waals surface area (Å²) < 4.78 is 0. The molecular weight excluding hydrogens is 256 g/mol.